The lowest BCUT2D eigenvalue weighted by molar-refractivity contribution is -0.149. The van der Waals surface area contributed by atoms with Crippen LogP contribution in [0.2, 0.25) is 0 Å². The van der Waals surface area contributed by atoms with Crippen LogP contribution in [0.25, 0.3) is 5.76 Å². The van der Waals surface area contributed by atoms with Gasteiger partial charge in [0.15, 0.2) is 6.10 Å². The number of aliphatic hydroxyl groups excluding tert-OH is 1. The monoisotopic (exact) mass is 310 g/mol. The molecule has 1 heterocycles. The molecule has 1 N–H and O–H groups in total. The number of hydrogen-bond acceptors (Lipinski definition) is 5. The fourth-order valence-corrected chi connectivity index (χ4v) is 2.45. The van der Waals surface area contributed by atoms with Gasteiger partial charge in [-0.15, -0.1) is 0 Å². The van der Waals surface area contributed by atoms with E-state index in [4.69, 9.17) is 9.47 Å². The summed E-state index contributed by atoms with van der Waals surface area (Å²) in [5.41, 5.74) is 0.988. The van der Waals surface area contributed by atoms with Crippen molar-refractivity contribution in [2.45, 2.75) is 6.10 Å². The molecule has 116 valence electrons. The van der Waals surface area contributed by atoms with Gasteiger partial charge in [0.25, 0.3) is 5.78 Å². The first-order valence-corrected chi connectivity index (χ1v) is 6.99. The van der Waals surface area contributed by atoms with E-state index in [0.717, 1.165) is 0 Å². The minimum atomic E-state index is -0.969. The summed E-state index contributed by atoms with van der Waals surface area (Å²) >= 11 is 0. The second-order valence-corrected chi connectivity index (χ2v) is 5.02. The maximum Gasteiger partial charge on any atom is 0.380 e. The number of hydrogen-bond donors (Lipinski definition) is 1. The number of Topliss-reactive ketones (excluding diaryl/α,β-unsaturated/α-hetero) is 1. The number of cyclic esters (lactones) is 1. The molecule has 23 heavy (non-hydrogen) atoms. The summed E-state index contributed by atoms with van der Waals surface area (Å²) in [6, 6.07) is 15.3. The number of esters is 1. The van der Waals surface area contributed by atoms with E-state index in [0.29, 0.717) is 16.9 Å². The summed E-state index contributed by atoms with van der Waals surface area (Å²) in [5.74, 6) is -1.40. The Balaban J connectivity index is 2.08. The molecule has 2 aromatic rings. The topological polar surface area (TPSA) is 72.8 Å². The predicted octanol–water partition coefficient (Wildman–Crippen LogP) is 2.83. The molecule has 1 aliphatic rings. The van der Waals surface area contributed by atoms with Crippen LogP contribution in [0.1, 0.15) is 17.2 Å². The molecule has 0 bridgehead atoms. The summed E-state index contributed by atoms with van der Waals surface area (Å²) in [4.78, 5) is 23.8. The molecule has 1 saturated heterocycles. The number of carbonyl (C=O) groups is 2. The zero-order chi connectivity index (χ0) is 16.4. The van der Waals surface area contributed by atoms with E-state index in [1.54, 1.807) is 61.7 Å². The maximum atomic E-state index is 12.1. The fourth-order valence-electron chi connectivity index (χ4n) is 2.45. The van der Waals surface area contributed by atoms with Crippen molar-refractivity contribution < 1.29 is 24.2 Å². The van der Waals surface area contributed by atoms with Crippen LogP contribution in [0.3, 0.4) is 0 Å². The molecule has 2 aromatic carbocycles. The SMILES string of the molecule is COc1ccc(C2OC(=O)C(=O)/C2=C(/O)c2ccccc2)cc1. The Bertz CT molecular complexity index is 775. The van der Waals surface area contributed by atoms with Crippen molar-refractivity contribution >= 4 is 17.5 Å². The van der Waals surface area contributed by atoms with Crippen molar-refractivity contribution in [3.63, 3.8) is 0 Å². The normalized spacial score (nSPS) is 19.4. The number of benzene rings is 2. The molecule has 1 fully saturated rings. The summed E-state index contributed by atoms with van der Waals surface area (Å²) in [7, 11) is 1.54. The summed E-state index contributed by atoms with van der Waals surface area (Å²) < 4.78 is 10.2. The summed E-state index contributed by atoms with van der Waals surface area (Å²) in [5, 5.41) is 10.4. The molecule has 1 atom stereocenters. The van der Waals surface area contributed by atoms with E-state index in [1.807, 2.05) is 0 Å². The minimum absolute atomic E-state index is 0.0497. The Morgan fingerprint density at radius 1 is 1.04 bits per heavy atom. The molecule has 1 unspecified atom stereocenters. The van der Waals surface area contributed by atoms with Gasteiger partial charge in [-0.05, 0) is 17.7 Å². The molecule has 0 aromatic heterocycles. The average Bonchev–Trinajstić information content (AvgIpc) is 2.90. The third-order valence-electron chi connectivity index (χ3n) is 3.64. The molecular weight excluding hydrogens is 296 g/mol. The van der Waals surface area contributed by atoms with E-state index < -0.39 is 17.9 Å². The van der Waals surface area contributed by atoms with Gasteiger partial charge in [0.1, 0.15) is 11.5 Å². The lowest BCUT2D eigenvalue weighted by atomic mass is 9.97. The zero-order valence-electron chi connectivity index (χ0n) is 12.4. The number of methoxy groups -OCH3 is 1. The first kappa shape index (κ1) is 14.8. The third-order valence-corrected chi connectivity index (χ3v) is 3.64. The van der Waals surface area contributed by atoms with Gasteiger partial charge < -0.3 is 14.6 Å². The molecular formula is C18H14O5. The quantitative estimate of drug-likeness (QED) is 0.408. The molecule has 0 radical (unpaired) electrons. The molecule has 0 aliphatic carbocycles. The van der Waals surface area contributed by atoms with Crippen LogP contribution < -0.4 is 4.74 Å². The number of carbonyl (C=O) groups excluding carboxylic acids is 2. The highest BCUT2D eigenvalue weighted by molar-refractivity contribution is 6.44. The molecule has 0 amide bonds. The largest absolute Gasteiger partial charge is 0.507 e. The highest BCUT2D eigenvalue weighted by atomic mass is 16.6. The Hall–Kier alpha value is -3.08. The lowest BCUT2D eigenvalue weighted by Gasteiger charge is -2.13. The van der Waals surface area contributed by atoms with Crippen LogP contribution in [0.5, 0.6) is 5.75 Å². The van der Waals surface area contributed by atoms with Gasteiger partial charge in [0.2, 0.25) is 0 Å². The predicted molar refractivity (Wildman–Crippen MR) is 82.8 cm³/mol. The van der Waals surface area contributed by atoms with E-state index in [1.165, 1.54) is 0 Å². The maximum absolute atomic E-state index is 12.1. The lowest BCUT2D eigenvalue weighted by Crippen LogP contribution is -2.08. The number of ketones is 1. The molecule has 5 nitrogen and oxygen atoms in total. The summed E-state index contributed by atoms with van der Waals surface area (Å²) in [6.07, 6.45) is -0.930. The second kappa shape index (κ2) is 5.96. The highest BCUT2D eigenvalue weighted by Crippen LogP contribution is 2.37. The van der Waals surface area contributed by atoms with Crippen LogP contribution in [-0.2, 0) is 14.3 Å². The van der Waals surface area contributed by atoms with Gasteiger partial charge in [-0.2, -0.15) is 0 Å². The number of rotatable bonds is 3. The highest BCUT2D eigenvalue weighted by Gasteiger charge is 2.42. The van der Waals surface area contributed by atoms with Crippen molar-refractivity contribution in [2.24, 2.45) is 0 Å². The van der Waals surface area contributed by atoms with Gasteiger partial charge in [-0.3, -0.25) is 4.79 Å². The smallest absolute Gasteiger partial charge is 0.380 e. The van der Waals surface area contributed by atoms with Gasteiger partial charge >= 0.3 is 5.97 Å². The van der Waals surface area contributed by atoms with Crippen LogP contribution in [0.4, 0.5) is 0 Å². The Labute approximate surface area is 132 Å². The van der Waals surface area contributed by atoms with Crippen LogP contribution in [-0.4, -0.2) is 24.0 Å². The van der Waals surface area contributed by atoms with Gasteiger partial charge in [-0.1, -0.05) is 42.5 Å². The third kappa shape index (κ3) is 2.68. The van der Waals surface area contributed by atoms with Gasteiger partial charge in [0, 0.05) is 5.56 Å². The standard InChI is InChI=1S/C18H14O5/c1-22-13-9-7-12(8-10-13)17-14(16(20)18(21)23-17)15(19)11-5-3-2-4-6-11/h2-10,17,19H,1H3/b15-14-. The van der Waals surface area contributed by atoms with E-state index >= 15 is 0 Å². The second-order valence-electron chi connectivity index (χ2n) is 5.02. The molecule has 5 heteroatoms. The Morgan fingerprint density at radius 2 is 1.70 bits per heavy atom. The zero-order valence-corrected chi connectivity index (χ0v) is 12.4. The van der Waals surface area contributed by atoms with Gasteiger partial charge in [0.05, 0.1) is 12.7 Å². The van der Waals surface area contributed by atoms with Gasteiger partial charge in [-0.25, -0.2) is 4.79 Å². The van der Waals surface area contributed by atoms with Crippen molar-refractivity contribution in [2.75, 3.05) is 7.11 Å². The van der Waals surface area contributed by atoms with Crippen molar-refractivity contribution in [3.8, 4) is 5.75 Å². The minimum Gasteiger partial charge on any atom is -0.507 e. The van der Waals surface area contributed by atoms with E-state index in [2.05, 4.69) is 0 Å². The van der Waals surface area contributed by atoms with Crippen LogP contribution >= 0.6 is 0 Å². The average molecular weight is 310 g/mol. The van der Waals surface area contributed by atoms with E-state index in [-0.39, 0.29) is 11.3 Å². The van der Waals surface area contributed by atoms with Crippen molar-refractivity contribution in [3.05, 3.63) is 71.3 Å². The van der Waals surface area contributed by atoms with E-state index in [9.17, 15) is 14.7 Å². The number of aliphatic hydroxyl groups is 1. The molecule has 3 rings (SSSR count). The first-order chi connectivity index (χ1) is 11.1. The first-order valence-electron chi connectivity index (χ1n) is 6.99. The van der Waals surface area contributed by atoms with Crippen LogP contribution in [0.15, 0.2) is 60.2 Å². The number of ether oxygens (including phenoxy) is 2. The molecule has 0 spiro atoms. The Morgan fingerprint density at radius 3 is 2.30 bits per heavy atom. The van der Waals surface area contributed by atoms with Crippen LogP contribution in [0, 0.1) is 0 Å². The fraction of sp³-hybridized carbons (Fsp3) is 0.111. The van der Waals surface area contributed by atoms with Crippen molar-refractivity contribution in [1.29, 1.82) is 0 Å². The molecule has 0 saturated carbocycles. The summed E-state index contributed by atoms with van der Waals surface area (Å²) in [6.45, 7) is 0. The molecule has 1 aliphatic heterocycles. The van der Waals surface area contributed by atoms with Crippen molar-refractivity contribution in [1.82, 2.24) is 0 Å². The Kier molecular flexibility index (Phi) is 3.85.